The average molecular weight is 424 g/mol. The molecule has 0 bridgehead atoms. The van der Waals surface area contributed by atoms with E-state index in [0.29, 0.717) is 22.3 Å². The zero-order valence-corrected chi connectivity index (χ0v) is 17.3. The number of nitrogens with zero attached hydrogens (tertiary/aromatic N) is 1. The molecule has 0 spiro atoms. The van der Waals surface area contributed by atoms with Gasteiger partial charge in [0, 0.05) is 33.2 Å². The van der Waals surface area contributed by atoms with Crippen LogP contribution in [0.15, 0.2) is 76.4 Å². The van der Waals surface area contributed by atoms with Gasteiger partial charge in [0.25, 0.3) is 0 Å². The number of carbonyl (C=O) groups is 1. The van der Waals surface area contributed by atoms with E-state index in [9.17, 15) is 10.1 Å². The van der Waals surface area contributed by atoms with Crippen LogP contribution in [0.25, 0.3) is 33.3 Å². The lowest BCUT2D eigenvalue weighted by atomic mass is 10.0. The van der Waals surface area contributed by atoms with Gasteiger partial charge in [-0.3, -0.25) is 4.79 Å². The third-order valence-electron chi connectivity index (χ3n) is 5.23. The number of nitriles is 1. The number of Topliss-reactive ketones (excluding diaryl/α,β-unsaturated/α-hetero) is 1. The maximum Gasteiger partial charge on any atom is 0.194 e. The van der Waals surface area contributed by atoms with Crippen LogP contribution in [0, 0.1) is 11.3 Å². The van der Waals surface area contributed by atoms with Crippen molar-refractivity contribution in [1.82, 2.24) is 0 Å². The number of ether oxygens (including phenoxy) is 1. The van der Waals surface area contributed by atoms with Crippen molar-refractivity contribution in [3.8, 4) is 23.1 Å². The van der Waals surface area contributed by atoms with Gasteiger partial charge in [-0.2, -0.15) is 5.26 Å². The number of allylic oxidation sites excluding steroid dienone is 3. The minimum absolute atomic E-state index is 0.0339. The molecular formula is C25H16N2O3S. The fourth-order valence-electron chi connectivity index (χ4n) is 3.75. The van der Waals surface area contributed by atoms with E-state index in [0.717, 1.165) is 32.2 Å². The average Bonchev–Trinajstić information content (AvgIpc) is 3.44. The SMILES string of the molecule is COc1ccc(-c2cc3sc(/C=C4\C(=O)c5ccccc5\C4=C(/N)C#N)cc3o2)cc1. The molecule has 1 aliphatic rings. The topological polar surface area (TPSA) is 89.2 Å². The van der Waals surface area contributed by atoms with E-state index in [2.05, 4.69) is 0 Å². The summed E-state index contributed by atoms with van der Waals surface area (Å²) in [5.41, 5.74) is 9.87. The zero-order valence-electron chi connectivity index (χ0n) is 16.5. The van der Waals surface area contributed by atoms with Crippen LogP contribution in [0.4, 0.5) is 0 Å². The van der Waals surface area contributed by atoms with E-state index in [4.69, 9.17) is 14.9 Å². The molecule has 31 heavy (non-hydrogen) atoms. The van der Waals surface area contributed by atoms with Crippen LogP contribution in [0.5, 0.6) is 5.75 Å². The molecule has 2 aromatic heterocycles. The lowest BCUT2D eigenvalue weighted by Gasteiger charge is -2.02. The Balaban J connectivity index is 1.55. The minimum atomic E-state index is -0.132. The highest BCUT2D eigenvalue weighted by Crippen LogP contribution is 2.41. The van der Waals surface area contributed by atoms with Gasteiger partial charge in [0.15, 0.2) is 5.78 Å². The molecule has 2 heterocycles. The summed E-state index contributed by atoms with van der Waals surface area (Å²) in [7, 11) is 1.63. The monoisotopic (exact) mass is 424 g/mol. The highest BCUT2D eigenvalue weighted by atomic mass is 32.1. The molecule has 4 aromatic rings. The number of hydrogen-bond donors (Lipinski definition) is 1. The van der Waals surface area contributed by atoms with Gasteiger partial charge in [-0.1, -0.05) is 24.3 Å². The van der Waals surface area contributed by atoms with Crippen LogP contribution in [-0.4, -0.2) is 12.9 Å². The van der Waals surface area contributed by atoms with Crippen LogP contribution >= 0.6 is 11.3 Å². The van der Waals surface area contributed by atoms with Gasteiger partial charge < -0.3 is 14.9 Å². The maximum atomic E-state index is 13.0. The molecule has 2 N–H and O–H groups in total. The van der Waals surface area contributed by atoms with Gasteiger partial charge in [0.1, 0.15) is 28.9 Å². The molecule has 6 heteroatoms. The first-order valence-corrected chi connectivity index (χ1v) is 10.3. The Morgan fingerprint density at radius 3 is 2.55 bits per heavy atom. The van der Waals surface area contributed by atoms with Crippen LogP contribution in [0.2, 0.25) is 0 Å². The normalized spacial score (nSPS) is 15.9. The van der Waals surface area contributed by atoms with E-state index < -0.39 is 0 Å². The predicted octanol–water partition coefficient (Wildman–Crippen LogP) is 5.64. The fourth-order valence-corrected chi connectivity index (χ4v) is 4.72. The Morgan fingerprint density at radius 1 is 1.13 bits per heavy atom. The van der Waals surface area contributed by atoms with Gasteiger partial charge in [0.2, 0.25) is 0 Å². The number of rotatable bonds is 3. The van der Waals surface area contributed by atoms with E-state index in [1.165, 1.54) is 11.3 Å². The van der Waals surface area contributed by atoms with Crippen LogP contribution in [-0.2, 0) is 0 Å². The zero-order chi connectivity index (χ0) is 21.5. The second-order valence-electron chi connectivity index (χ2n) is 7.05. The third-order valence-corrected chi connectivity index (χ3v) is 6.24. The third kappa shape index (κ3) is 3.12. The maximum absolute atomic E-state index is 13.0. The van der Waals surface area contributed by atoms with Crippen molar-refractivity contribution in [1.29, 1.82) is 5.26 Å². The van der Waals surface area contributed by atoms with Gasteiger partial charge in [-0.25, -0.2) is 0 Å². The van der Waals surface area contributed by atoms with Gasteiger partial charge >= 0.3 is 0 Å². The van der Waals surface area contributed by atoms with Crippen LogP contribution in [0.1, 0.15) is 20.8 Å². The highest BCUT2D eigenvalue weighted by molar-refractivity contribution is 7.19. The molecule has 1 aliphatic carbocycles. The number of thiophene rings is 1. The Kier molecular flexibility index (Phi) is 4.46. The van der Waals surface area contributed by atoms with Crippen molar-refractivity contribution in [2.24, 2.45) is 5.73 Å². The Labute approximate surface area is 182 Å². The molecule has 150 valence electrons. The number of fused-ring (bicyclic) bond motifs is 2. The molecule has 0 radical (unpaired) electrons. The molecule has 5 nitrogen and oxygen atoms in total. The first-order valence-electron chi connectivity index (χ1n) is 9.53. The summed E-state index contributed by atoms with van der Waals surface area (Å²) in [5.74, 6) is 1.42. The van der Waals surface area contributed by atoms with Gasteiger partial charge in [0.05, 0.1) is 11.8 Å². The number of nitrogens with two attached hydrogens (primary N) is 1. The van der Waals surface area contributed by atoms with Crippen molar-refractivity contribution < 1.29 is 13.9 Å². The minimum Gasteiger partial charge on any atom is -0.497 e. The largest absolute Gasteiger partial charge is 0.497 e. The lowest BCUT2D eigenvalue weighted by Crippen LogP contribution is -2.00. The number of furan rings is 1. The summed E-state index contributed by atoms with van der Waals surface area (Å²) in [6, 6.07) is 20.7. The Bertz CT molecular complexity index is 1410. The molecule has 0 amide bonds. The van der Waals surface area contributed by atoms with Crippen LogP contribution < -0.4 is 10.5 Å². The Hall–Kier alpha value is -4.08. The molecule has 2 aromatic carbocycles. The van der Waals surface area contributed by atoms with Gasteiger partial charge in [-0.05, 0) is 42.0 Å². The van der Waals surface area contributed by atoms with Crippen LogP contribution in [0.3, 0.4) is 0 Å². The lowest BCUT2D eigenvalue weighted by molar-refractivity contribution is 0.104. The number of carbonyl (C=O) groups excluding carboxylic acids is 1. The van der Waals surface area contributed by atoms with E-state index >= 15 is 0 Å². The smallest absolute Gasteiger partial charge is 0.194 e. The molecule has 0 saturated heterocycles. The molecule has 0 saturated carbocycles. The summed E-state index contributed by atoms with van der Waals surface area (Å²) >= 11 is 1.52. The van der Waals surface area contributed by atoms with Gasteiger partial charge in [-0.15, -0.1) is 11.3 Å². The van der Waals surface area contributed by atoms with Crippen molar-refractivity contribution in [3.05, 3.63) is 87.9 Å². The van der Waals surface area contributed by atoms with E-state index in [1.807, 2.05) is 54.6 Å². The van der Waals surface area contributed by atoms with Crippen molar-refractivity contribution in [3.63, 3.8) is 0 Å². The van der Waals surface area contributed by atoms with Crippen molar-refractivity contribution >= 4 is 39.1 Å². The van der Waals surface area contributed by atoms with Crippen molar-refractivity contribution in [2.75, 3.05) is 7.11 Å². The van der Waals surface area contributed by atoms with E-state index in [-0.39, 0.29) is 11.5 Å². The molecule has 0 fully saturated rings. The first kappa shape index (κ1) is 18.9. The fraction of sp³-hybridized carbons (Fsp3) is 0.0400. The number of methoxy groups -OCH3 is 1. The quantitative estimate of drug-likeness (QED) is 0.339. The molecule has 0 atom stereocenters. The predicted molar refractivity (Wildman–Crippen MR) is 122 cm³/mol. The first-order chi connectivity index (χ1) is 15.1. The molecular weight excluding hydrogens is 408 g/mol. The number of ketones is 1. The summed E-state index contributed by atoms with van der Waals surface area (Å²) in [6.07, 6.45) is 1.79. The Morgan fingerprint density at radius 2 is 1.87 bits per heavy atom. The van der Waals surface area contributed by atoms with Crippen molar-refractivity contribution in [2.45, 2.75) is 0 Å². The molecule has 0 aliphatic heterocycles. The molecule has 5 rings (SSSR count). The second-order valence-corrected chi connectivity index (χ2v) is 8.16. The molecule has 0 unspecified atom stereocenters. The summed E-state index contributed by atoms with van der Waals surface area (Å²) in [5, 5.41) is 9.35. The highest BCUT2D eigenvalue weighted by Gasteiger charge is 2.31. The van der Waals surface area contributed by atoms with E-state index in [1.54, 1.807) is 25.3 Å². The summed E-state index contributed by atoms with van der Waals surface area (Å²) in [4.78, 5) is 13.8. The number of benzene rings is 2. The standard InChI is InChI=1S/C25H16N2O3S/c1-29-15-8-6-14(7-9-15)21-12-23-22(30-21)11-16(31-23)10-19-24(20(27)13-26)17-4-2-3-5-18(17)25(19)28/h2-12H,27H2,1H3/b19-10-,24-20+. The second kappa shape index (κ2) is 7.31. The summed E-state index contributed by atoms with van der Waals surface area (Å²) in [6.45, 7) is 0. The summed E-state index contributed by atoms with van der Waals surface area (Å²) < 4.78 is 12.2. The number of hydrogen-bond acceptors (Lipinski definition) is 6.